The Bertz CT molecular complexity index is 766. The first-order chi connectivity index (χ1) is 10.3. The van der Waals surface area contributed by atoms with Gasteiger partial charge in [-0.05, 0) is 11.6 Å². The van der Waals surface area contributed by atoms with Crippen LogP contribution in [0.4, 0.5) is 0 Å². The van der Waals surface area contributed by atoms with Gasteiger partial charge in [0, 0.05) is 12.4 Å². The third-order valence-corrected chi connectivity index (χ3v) is 3.22. The highest BCUT2D eigenvalue weighted by Crippen LogP contribution is 2.17. The number of hydrogen-bond acceptors (Lipinski definition) is 3. The zero-order valence-corrected chi connectivity index (χ0v) is 11.6. The monoisotopic (exact) mass is 281 g/mol. The van der Waals surface area contributed by atoms with Crippen LogP contribution in [0.25, 0.3) is 10.9 Å². The van der Waals surface area contributed by atoms with Gasteiger partial charge in [0.05, 0.1) is 12.1 Å². The van der Waals surface area contributed by atoms with Crippen LogP contribution in [-0.2, 0) is 18.5 Å². The summed E-state index contributed by atoms with van der Waals surface area (Å²) in [7, 11) is 1.81. The number of carbonyl (C=O) groups is 1. The molecule has 0 radical (unpaired) electrons. The number of fused-ring (bicyclic) bond motifs is 1. The van der Waals surface area contributed by atoms with Crippen LogP contribution in [0.1, 0.15) is 16.1 Å². The van der Waals surface area contributed by atoms with Crippen LogP contribution in [-0.4, -0.2) is 15.7 Å². The van der Waals surface area contributed by atoms with Crippen LogP contribution in [0, 0.1) is 0 Å². The average molecular weight is 281 g/mol. The van der Waals surface area contributed by atoms with E-state index < -0.39 is 0 Å². The number of rotatable bonds is 4. The number of hydroxylamine groups is 1. The van der Waals surface area contributed by atoms with E-state index in [9.17, 15) is 4.79 Å². The summed E-state index contributed by atoms with van der Waals surface area (Å²) in [6.07, 6.45) is 0. The number of carbonyl (C=O) groups excluding carboxylic acids is 1. The summed E-state index contributed by atoms with van der Waals surface area (Å²) < 4.78 is 1.68. The highest BCUT2D eigenvalue weighted by atomic mass is 16.6. The van der Waals surface area contributed by atoms with E-state index in [4.69, 9.17) is 4.84 Å². The second-order valence-corrected chi connectivity index (χ2v) is 4.69. The summed E-state index contributed by atoms with van der Waals surface area (Å²) in [6, 6.07) is 17.2. The Kier molecular flexibility index (Phi) is 3.66. The first-order valence-corrected chi connectivity index (χ1v) is 6.63. The van der Waals surface area contributed by atoms with Gasteiger partial charge < -0.3 is 0 Å². The van der Waals surface area contributed by atoms with Crippen molar-refractivity contribution in [3.8, 4) is 0 Å². The molecule has 2 aromatic carbocycles. The van der Waals surface area contributed by atoms with E-state index in [2.05, 4.69) is 10.6 Å². The predicted molar refractivity (Wildman–Crippen MR) is 79.4 cm³/mol. The molecule has 0 aliphatic heterocycles. The lowest BCUT2D eigenvalue weighted by atomic mass is 10.2. The molecule has 0 spiro atoms. The van der Waals surface area contributed by atoms with Gasteiger partial charge in [-0.25, -0.2) is 5.48 Å². The van der Waals surface area contributed by atoms with E-state index in [1.165, 1.54) is 0 Å². The molecule has 1 aromatic heterocycles. The molecule has 106 valence electrons. The van der Waals surface area contributed by atoms with Gasteiger partial charge in [0.25, 0.3) is 5.91 Å². The van der Waals surface area contributed by atoms with Gasteiger partial charge in [0.2, 0.25) is 0 Å². The van der Waals surface area contributed by atoms with Crippen molar-refractivity contribution in [2.45, 2.75) is 6.61 Å². The van der Waals surface area contributed by atoms with Crippen molar-refractivity contribution in [2.75, 3.05) is 0 Å². The van der Waals surface area contributed by atoms with Crippen LogP contribution in [0.2, 0.25) is 0 Å². The number of benzene rings is 2. The molecule has 5 nitrogen and oxygen atoms in total. The molecule has 0 aliphatic carbocycles. The lowest BCUT2D eigenvalue weighted by Gasteiger charge is -2.04. The van der Waals surface area contributed by atoms with Gasteiger partial charge in [0.1, 0.15) is 0 Å². The number of hydrogen-bond donors (Lipinski definition) is 1. The molecule has 0 saturated carbocycles. The molecular formula is C16H15N3O2. The van der Waals surface area contributed by atoms with E-state index in [0.29, 0.717) is 12.3 Å². The minimum Gasteiger partial charge on any atom is -0.269 e. The summed E-state index contributed by atoms with van der Waals surface area (Å²) in [4.78, 5) is 17.4. The SMILES string of the molecule is Cn1nc(C(=O)NOCc2ccccc2)c2ccccc21. The van der Waals surface area contributed by atoms with Crippen molar-refractivity contribution in [3.63, 3.8) is 0 Å². The van der Waals surface area contributed by atoms with E-state index in [1.54, 1.807) is 4.68 Å². The van der Waals surface area contributed by atoms with E-state index in [1.807, 2.05) is 61.6 Å². The lowest BCUT2D eigenvalue weighted by molar-refractivity contribution is 0.0230. The molecule has 0 atom stereocenters. The molecule has 3 rings (SSSR count). The Morgan fingerprint density at radius 1 is 1.14 bits per heavy atom. The molecule has 0 bridgehead atoms. The van der Waals surface area contributed by atoms with Crippen LogP contribution in [0.5, 0.6) is 0 Å². The summed E-state index contributed by atoms with van der Waals surface area (Å²) in [5, 5.41) is 5.05. The van der Waals surface area contributed by atoms with Crippen molar-refractivity contribution >= 4 is 16.8 Å². The molecule has 5 heteroatoms. The number of nitrogens with zero attached hydrogens (tertiary/aromatic N) is 2. The average Bonchev–Trinajstić information content (AvgIpc) is 2.86. The van der Waals surface area contributed by atoms with Crippen molar-refractivity contribution in [1.82, 2.24) is 15.3 Å². The number of nitrogens with one attached hydrogen (secondary N) is 1. The van der Waals surface area contributed by atoms with Crippen molar-refractivity contribution in [3.05, 3.63) is 65.9 Å². The van der Waals surface area contributed by atoms with Crippen LogP contribution >= 0.6 is 0 Å². The van der Waals surface area contributed by atoms with E-state index in [-0.39, 0.29) is 5.91 Å². The van der Waals surface area contributed by atoms with Crippen LogP contribution in [0.15, 0.2) is 54.6 Å². The number of aryl methyl sites for hydroxylation is 1. The second-order valence-electron chi connectivity index (χ2n) is 4.69. The third-order valence-electron chi connectivity index (χ3n) is 3.22. The summed E-state index contributed by atoms with van der Waals surface area (Å²) in [6.45, 7) is 0.317. The van der Waals surface area contributed by atoms with Gasteiger partial charge in [0.15, 0.2) is 5.69 Å². The van der Waals surface area contributed by atoms with Crippen LogP contribution < -0.4 is 5.48 Å². The topological polar surface area (TPSA) is 56.2 Å². The maximum Gasteiger partial charge on any atom is 0.295 e. The Morgan fingerprint density at radius 3 is 2.67 bits per heavy atom. The molecule has 1 N–H and O–H groups in total. The number of amides is 1. The van der Waals surface area contributed by atoms with E-state index >= 15 is 0 Å². The normalized spacial score (nSPS) is 10.7. The Hall–Kier alpha value is -2.66. The molecule has 0 fully saturated rings. The maximum atomic E-state index is 12.2. The molecule has 0 saturated heterocycles. The van der Waals surface area contributed by atoms with E-state index in [0.717, 1.165) is 16.5 Å². The summed E-state index contributed by atoms with van der Waals surface area (Å²) in [5.74, 6) is -0.345. The fourth-order valence-electron chi connectivity index (χ4n) is 2.19. The van der Waals surface area contributed by atoms with Gasteiger partial charge >= 0.3 is 0 Å². The molecule has 1 heterocycles. The van der Waals surface area contributed by atoms with Crippen molar-refractivity contribution < 1.29 is 9.63 Å². The molecule has 0 aliphatic rings. The minimum absolute atomic E-state index is 0.317. The minimum atomic E-state index is -0.345. The van der Waals surface area contributed by atoms with Gasteiger partial charge in [-0.3, -0.25) is 14.3 Å². The first-order valence-electron chi connectivity index (χ1n) is 6.63. The zero-order valence-electron chi connectivity index (χ0n) is 11.6. The molecule has 0 unspecified atom stereocenters. The highest BCUT2D eigenvalue weighted by molar-refractivity contribution is 6.04. The van der Waals surface area contributed by atoms with Crippen molar-refractivity contribution in [2.24, 2.45) is 7.05 Å². The van der Waals surface area contributed by atoms with Crippen molar-refractivity contribution in [1.29, 1.82) is 0 Å². The maximum absolute atomic E-state index is 12.2. The first kappa shape index (κ1) is 13.3. The molecule has 21 heavy (non-hydrogen) atoms. The predicted octanol–water partition coefficient (Wildman–Crippen LogP) is 2.43. The molecule has 3 aromatic rings. The fraction of sp³-hybridized carbons (Fsp3) is 0.125. The smallest absolute Gasteiger partial charge is 0.269 e. The Morgan fingerprint density at radius 2 is 1.86 bits per heavy atom. The summed E-state index contributed by atoms with van der Waals surface area (Å²) in [5.41, 5.74) is 4.70. The van der Waals surface area contributed by atoms with Gasteiger partial charge in [-0.1, -0.05) is 48.5 Å². The summed E-state index contributed by atoms with van der Waals surface area (Å²) >= 11 is 0. The Labute approximate surface area is 122 Å². The Balaban J connectivity index is 1.70. The molecular weight excluding hydrogens is 266 g/mol. The third kappa shape index (κ3) is 2.78. The largest absolute Gasteiger partial charge is 0.295 e. The standard InChI is InChI=1S/C16H15N3O2/c1-19-14-10-6-5-9-13(14)15(17-19)16(20)18-21-11-12-7-3-2-4-8-12/h2-10H,11H2,1H3,(H,18,20). The number of para-hydroxylation sites is 1. The van der Waals surface area contributed by atoms with Gasteiger partial charge in [-0.15, -0.1) is 0 Å². The van der Waals surface area contributed by atoms with Gasteiger partial charge in [-0.2, -0.15) is 5.10 Å². The zero-order chi connectivity index (χ0) is 14.7. The quantitative estimate of drug-likeness (QED) is 0.747. The molecule has 1 amide bonds. The lowest BCUT2D eigenvalue weighted by Crippen LogP contribution is -2.24. The number of aromatic nitrogens is 2. The fourth-order valence-corrected chi connectivity index (χ4v) is 2.19. The second kappa shape index (κ2) is 5.76. The highest BCUT2D eigenvalue weighted by Gasteiger charge is 2.15. The van der Waals surface area contributed by atoms with Crippen LogP contribution in [0.3, 0.4) is 0 Å².